The Morgan fingerprint density at radius 3 is 1.63 bits per heavy atom. The first-order valence-electron chi connectivity index (χ1n) is 34.1. The molecule has 5 heterocycles. The lowest BCUT2D eigenvalue weighted by atomic mass is 9.33. The van der Waals surface area contributed by atoms with Crippen LogP contribution in [0.1, 0.15) is 134 Å². The molecule has 5 aliphatic heterocycles. The van der Waals surface area contributed by atoms with Gasteiger partial charge in [0.25, 0.3) is 0 Å². The number of ether oxygens (including phenoxy) is 12. The summed E-state index contributed by atoms with van der Waals surface area (Å²) < 4.78 is 74.7. The summed E-state index contributed by atoms with van der Waals surface area (Å²) in [5.74, 6) is -3.34. The Bertz CT molecular complexity index is 2860. The number of carbonyl (C=O) groups excluding carboxylic acids is 2. The van der Waals surface area contributed by atoms with Crippen LogP contribution < -0.4 is 0 Å². The van der Waals surface area contributed by atoms with Crippen LogP contribution in [0.25, 0.3) is 0 Å². The summed E-state index contributed by atoms with van der Waals surface area (Å²) in [5.41, 5.74) is -2.40. The van der Waals surface area contributed by atoms with Gasteiger partial charge in [-0.1, -0.05) is 66.2 Å². The summed E-state index contributed by atoms with van der Waals surface area (Å²) in [6.45, 7) is 20.2. The Balaban J connectivity index is 0.987. The summed E-state index contributed by atoms with van der Waals surface area (Å²) >= 11 is 0. The molecule has 30 nitrogen and oxygen atoms in total. The molecule has 4 saturated carbocycles. The predicted octanol–water partition coefficient (Wildman–Crippen LogP) is -1.56. The minimum Gasteiger partial charge on any atom is -0.479 e. The van der Waals surface area contributed by atoms with E-state index in [1.54, 1.807) is 19.9 Å². The average Bonchev–Trinajstić information content (AvgIpc) is 0.669. The number of hydrogen-bond donors (Lipinski definition) is 15. The molecule has 0 unspecified atom stereocenters. The van der Waals surface area contributed by atoms with Gasteiger partial charge in [-0.15, -0.1) is 0 Å². The molecule has 5 saturated heterocycles. The van der Waals surface area contributed by atoms with E-state index in [1.165, 1.54) is 20.8 Å². The Kier molecular flexibility index (Phi) is 22.5. The zero-order valence-electron chi connectivity index (χ0n) is 57.2. The fourth-order valence-corrected chi connectivity index (χ4v) is 19.0. The Hall–Kier alpha value is -3.07. The van der Waals surface area contributed by atoms with Crippen LogP contribution in [0, 0.1) is 50.2 Å². The lowest BCUT2D eigenvalue weighted by Crippen LogP contribution is -2.70. The molecule has 0 bridgehead atoms. The third-order valence-corrected chi connectivity index (χ3v) is 24.8. The fraction of sp³-hybridized carbons (Fsp3) is 0.896. The van der Waals surface area contributed by atoms with Crippen LogP contribution in [0.2, 0.25) is 0 Å². The fourth-order valence-electron chi connectivity index (χ4n) is 19.0. The minimum absolute atomic E-state index is 0.0233. The van der Waals surface area contributed by atoms with Crippen LogP contribution >= 0.6 is 0 Å². The van der Waals surface area contributed by atoms with Crippen molar-refractivity contribution in [2.24, 2.45) is 50.2 Å². The molecule has 10 rings (SSSR count). The minimum atomic E-state index is -2.35. The molecule has 0 radical (unpaired) electrons. The Morgan fingerprint density at radius 1 is 0.536 bits per heavy atom. The van der Waals surface area contributed by atoms with Crippen molar-refractivity contribution >= 4 is 17.9 Å². The highest BCUT2D eigenvalue weighted by Crippen LogP contribution is 2.76. The molecular formula is C67H106O30. The number of rotatable bonds is 17. The smallest absolute Gasteiger partial charge is 0.335 e. The molecule has 5 aliphatic carbocycles. The average molecular weight is 1390 g/mol. The van der Waals surface area contributed by atoms with E-state index >= 15 is 0 Å². The van der Waals surface area contributed by atoms with Gasteiger partial charge in [0.15, 0.2) is 37.6 Å². The van der Waals surface area contributed by atoms with E-state index in [2.05, 4.69) is 40.7 Å². The highest BCUT2D eigenvalue weighted by molar-refractivity contribution is 5.87. The molecule has 10 aliphatic rings. The SMILES string of the molecule is C/C=C(/C)C(=O)O[C@H]1CC(C)(C)C[C@H]2C3=CC[C@@H]4[C@@]5(C)CC[C@H](O[C@@H]6O[C@H](C(=O)O)[C@@H](O)[C@H](O[C@@H]7O[C@H](CO)[C@H](O)[C@H](O)[C@H]7O[C@@H]7O[C@@H](C)[C@H](O)[C@@H](O)[C@H]7O[C@@H]7O[C@@H](C)[C@H](O)[C@@H](O)[C@H]7O)[C@H]6O[C@@H]6O[C@H](CO)[C@H](O)[C@H](O)[C@H]6O)C(C)(C)[C@@H]5CC[C@@]4(C)[C@]3(C)C[C@@H](OC(C)=O)[C@@]12CO. The number of aliphatic hydroxyl groups excluding tert-OH is 14. The summed E-state index contributed by atoms with van der Waals surface area (Å²) in [4.78, 5) is 40.5. The monoisotopic (exact) mass is 1390 g/mol. The van der Waals surface area contributed by atoms with Crippen LogP contribution in [0.15, 0.2) is 23.3 Å². The summed E-state index contributed by atoms with van der Waals surface area (Å²) in [5, 5.41) is 167. The van der Waals surface area contributed by atoms with Crippen LogP contribution in [-0.2, 0) is 71.2 Å². The summed E-state index contributed by atoms with van der Waals surface area (Å²) in [7, 11) is 0. The maximum atomic E-state index is 13.7. The number of carboxylic acids is 1. The van der Waals surface area contributed by atoms with Crippen molar-refractivity contribution in [2.45, 2.75) is 306 Å². The first-order chi connectivity index (χ1) is 45.3. The largest absolute Gasteiger partial charge is 0.479 e. The number of aliphatic hydroxyl groups is 14. The molecule has 0 amide bonds. The van der Waals surface area contributed by atoms with Gasteiger partial charge < -0.3 is 133 Å². The molecule has 9 fully saturated rings. The molecule has 0 aromatic rings. The number of carbonyl (C=O) groups is 3. The van der Waals surface area contributed by atoms with Gasteiger partial charge in [-0.25, -0.2) is 9.59 Å². The highest BCUT2D eigenvalue weighted by Gasteiger charge is 2.73. The van der Waals surface area contributed by atoms with Gasteiger partial charge in [-0.2, -0.15) is 0 Å². The van der Waals surface area contributed by atoms with Crippen molar-refractivity contribution in [1.82, 2.24) is 0 Å². The van der Waals surface area contributed by atoms with Gasteiger partial charge in [0.2, 0.25) is 0 Å². The summed E-state index contributed by atoms with van der Waals surface area (Å²) in [6, 6.07) is 0. The first-order valence-corrected chi connectivity index (χ1v) is 34.1. The van der Waals surface area contributed by atoms with Crippen LogP contribution in [0.3, 0.4) is 0 Å². The maximum absolute atomic E-state index is 13.7. The van der Waals surface area contributed by atoms with E-state index in [-0.39, 0.29) is 29.6 Å². The quantitative estimate of drug-likeness (QED) is 0.0339. The van der Waals surface area contributed by atoms with Crippen LogP contribution in [0.4, 0.5) is 0 Å². The van der Waals surface area contributed by atoms with E-state index in [0.717, 1.165) is 5.57 Å². The molecule has 0 spiro atoms. The number of allylic oxidation sites excluding steroid dienone is 3. The second kappa shape index (κ2) is 28.5. The maximum Gasteiger partial charge on any atom is 0.335 e. The molecule has 554 valence electrons. The molecular weight excluding hydrogens is 1280 g/mol. The van der Waals surface area contributed by atoms with Crippen molar-refractivity contribution in [2.75, 3.05) is 19.8 Å². The number of aliphatic carboxylic acids is 1. The third-order valence-electron chi connectivity index (χ3n) is 24.8. The zero-order chi connectivity index (χ0) is 71.5. The van der Waals surface area contributed by atoms with Crippen molar-refractivity contribution in [3.63, 3.8) is 0 Å². The molecule has 15 N–H and O–H groups in total. The first kappa shape index (κ1) is 76.6. The molecule has 30 heteroatoms. The van der Waals surface area contributed by atoms with Crippen molar-refractivity contribution < 1.29 is 148 Å². The second-order valence-electron chi connectivity index (χ2n) is 31.3. The van der Waals surface area contributed by atoms with E-state index in [1.807, 2.05) is 13.8 Å². The molecule has 0 aromatic heterocycles. The van der Waals surface area contributed by atoms with E-state index in [4.69, 9.17) is 56.8 Å². The molecule has 97 heavy (non-hydrogen) atoms. The zero-order valence-corrected chi connectivity index (χ0v) is 57.2. The van der Waals surface area contributed by atoms with E-state index in [0.29, 0.717) is 50.5 Å². The number of carboxylic acid groups (broad SMARTS) is 1. The van der Waals surface area contributed by atoms with Crippen molar-refractivity contribution in [1.29, 1.82) is 0 Å². The van der Waals surface area contributed by atoms with Gasteiger partial charge in [-0.3, -0.25) is 4.79 Å². The van der Waals surface area contributed by atoms with Crippen molar-refractivity contribution in [3.05, 3.63) is 23.3 Å². The predicted molar refractivity (Wildman–Crippen MR) is 329 cm³/mol. The van der Waals surface area contributed by atoms with E-state index < -0.39 is 237 Å². The number of fused-ring (bicyclic) bond motifs is 7. The normalized spacial score (nSPS) is 51.3. The molecule has 35 atom stereocenters. The highest BCUT2D eigenvalue weighted by atomic mass is 16.8. The Morgan fingerprint density at radius 2 is 1.04 bits per heavy atom. The van der Waals surface area contributed by atoms with Gasteiger partial charge in [-0.05, 0) is 124 Å². The lowest BCUT2D eigenvalue weighted by Gasteiger charge is -2.72. The van der Waals surface area contributed by atoms with E-state index in [9.17, 15) is 91.0 Å². The second-order valence-corrected chi connectivity index (χ2v) is 31.3. The molecule has 0 aromatic carbocycles. The lowest BCUT2D eigenvalue weighted by molar-refractivity contribution is -0.412. The van der Waals surface area contributed by atoms with Crippen LogP contribution in [-0.4, -0.2) is 286 Å². The van der Waals surface area contributed by atoms with Crippen molar-refractivity contribution in [3.8, 4) is 0 Å². The van der Waals surface area contributed by atoms with Gasteiger partial charge in [0.05, 0.1) is 43.5 Å². The Labute approximate surface area is 563 Å². The summed E-state index contributed by atoms with van der Waals surface area (Å²) in [6.07, 6.45) is -42.4. The van der Waals surface area contributed by atoms with Gasteiger partial charge in [0.1, 0.15) is 116 Å². The standard InChI is InChI=1S/C67H106O30/c1-13-26(2)56(85)91-37-21-62(6,7)20-31-30-14-15-35-64(10)18-17-36(63(8,9)34(64)16-19-65(35,11)66(30,12)22-38(88-29(5)71)67(31,37)25-70)92-61-54(97-58-48(81)44(77)41(74)32(23-68)89-58)50(49(82)51(94-61)55(83)84)93-60-53(46(79)42(75)33(24-69)90-60)96-59-52(45(78)40(73)28(4)87-59)95-57-47(80)43(76)39(72)27(3)86-57/h13-14,27-28,31-54,57-61,68-70,72-82H,15-25H2,1-12H3,(H,83,84)/b26-13-/t27-,28-,31-,32+,33+,34-,35+,36-,37-,38+,39-,40-,41-,42-,43+,44-,45+,46-,47+,48+,49-,50-,51-,52+,53+,54+,57-,58-,59-,60-,61+,64-,65+,66+,67+/m0/s1. The van der Waals surface area contributed by atoms with Gasteiger partial charge >= 0.3 is 17.9 Å². The third kappa shape index (κ3) is 13.2. The number of hydrogen-bond acceptors (Lipinski definition) is 29. The number of esters is 2. The van der Waals surface area contributed by atoms with Gasteiger partial charge in [0, 0.05) is 12.5 Å². The topological polar surface area (TPSA) is 465 Å². The van der Waals surface area contributed by atoms with Crippen LogP contribution in [0.5, 0.6) is 0 Å².